The molecule has 0 saturated carbocycles. The number of hydrogen-bond acceptors (Lipinski definition) is 2. The van der Waals surface area contributed by atoms with Crippen molar-refractivity contribution in [2.24, 2.45) is 11.3 Å². The van der Waals surface area contributed by atoms with Gasteiger partial charge in [0.1, 0.15) is 5.76 Å². The first-order valence-corrected chi connectivity index (χ1v) is 6.04. The predicted octanol–water partition coefficient (Wildman–Crippen LogP) is 3.79. The SMILES string of the molecule is CC(Cc1ocnc1CBr)C(C)(C)C. The topological polar surface area (TPSA) is 26.0 Å². The first-order valence-electron chi connectivity index (χ1n) is 4.92. The molecule has 2 nitrogen and oxygen atoms in total. The van der Waals surface area contributed by atoms with Crippen molar-refractivity contribution in [3.63, 3.8) is 0 Å². The van der Waals surface area contributed by atoms with Crippen LogP contribution in [0.1, 0.15) is 39.1 Å². The number of rotatable bonds is 3. The summed E-state index contributed by atoms with van der Waals surface area (Å²) in [5.74, 6) is 1.61. The molecule has 0 N–H and O–H groups in total. The van der Waals surface area contributed by atoms with E-state index in [0.29, 0.717) is 11.3 Å². The Labute approximate surface area is 94.2 Å². The van der Waals surface area contributed by atoms with Crippen molar-refractivity contribution >= 4 is 15.9 Å². The second-order valence-electron chi connectivity index (χ2n) is 4.83. The maximum absolute atomic E-state index is 5.38. The van der Waals surface area contributed by atoms with Gasteiger partial charge in [-0.3, -0.25) is 0 Å². The van der Waals surface area contributed by atoms with Crippen molar-refractivity contribution < 1.29 is 4.42 Å². The number of alkyl halides is 1. The summed E-state index contributed by atoms with van der Waals surface area (Å²) in [5.41, 5.74) is 1.34. The molecule has 1 rings (SSSR count). The van der Waals surface area contributed by atoms with E-state index < -0.39 is 0 Å². The van der Waals surface area contributed by atoms with Crippen LogP contribution in [0.5, 0.6) is 0 Å². The van der Waals surface area contributed by atoms with Crippen molar-refractivity contribution in [3.05, 3.63) is 17.8 Å². The molecule has 0 spiro atoms. The van der Waals surface area contributed by atoms with E-state index in [2.05, 4.69) is 48.6 Å². The van der Waals surface area contributed by atoms with E-state index in [1.807, 2.05) is 0 Å². The highest BCUT2D eigenvalue weighted by molar-refractivity contribution is 9.08. The zero-order valence-corrected chi connectivity index (χ0v) is 10.9. The molecule has 3 heteroatoms. The minimum Gasteiger partial charge on any atom is -0.448 e. The van der Waals surface area contributed by atoms with Crippen LogP contribution < -0.4 is 0 Å². The minimum atomic E-state index is 0.316. The second kappa shape index (κ2) is 4.47. The van der Waals surface area contributed by atoms with Crippen molar-refractivity contribution in [3.8, 4) is 0 Å². The Bertz CT molecular complexity index is 288. The highest BCUT2D eigenvalue weighted by Gasteiger charge is 2.22. The Kier molecular flexibility index (Phi) is 3.76. The van der Waals surface area contributed by atoms with Crippen LogP contribution in [0.25, 0.3) is 0 Å². The van der Waals surface area contributed by atoms with E-state index in [0.717, 1.165) is 23.2 Å². The first-order chi connectivity index (χ1) is 6.45. The summed E-state index contributed by atoms with van der Waals surface area (Å²) in [4.78, 5) is 4.16. The molecule has 0 amide bonds. The molecule has 0 bridgehead atoms. The summed E-state index contributed by atoms with van der Waals surface area (Å²) >= 11 is 3.41. The van der Waals surface area contributed by atoms with Gasteiger partial charge in [0.25, 0.3) is 0 Å². The zero-order valence-electron chi connectivity index (χ0n) is 9.30. The van der Waals surface area contributed by atoms with Gasteiger partial charge in [0.2, 0.25) is 0 Å². The lowest BCUT2D eigenvalue weighted by Crippen LogP contribution is -2.19. The highest BCUT2D eigenvalue weighted by Crippen LogP contribution is 2.29. The van der Waals surface area contributed by atoms with E-state index >= 15 is 0 Å². The highest BCUT2D eigenvalue weighted by atomic mass is 79.9. The van der Waals surface area contributed by atoms with E-state index in [1.54, 1.807) is 0 Å². The molecule has 0 radical (unpaired) electrons. The molecular formula is C11H18BrNO. The Morgan fingerprint density at radius 3 is 2.64 bits per heavy atom. The lowest BCUT2D eigenvalue weighted by Gasteiger charge is -2.26. The van der Waals surface area contributed by atoms with Gasteiger partial charge in [-0.2, -0.15) is 0 Å². The summed E-state index contributed by atoms with van der Waals surface area (Å²) in [7, 11) is 0. The molecule has 0 aliphatic rings. The number of oxazole rings is 1. The predicted molar refractivity (Wildman–Crippen MR) is 61.5 cm³/mol. The molecule has 1 aromatic rings. The number of aromatic nitrogens is 1. The largest absolute Gasteiger partial charge is 0.448 e. The van der Waals surface area contributed by atoms with Gasteiger partial charge in [-0.1, -0.05) is 43.6 Å². The Morgan fingerprint density at radius 1 is 1.50 bits per heavy atom. The monoisotopic (exact) mass is 259 g/mol. The lowest BCUT2D eigenvalue weighted by molar-refractivity contribution is 0.247. The van der Waals surface area contributed by atoms with Crippen molar-refractivity contribution in [2.75, 3.05) is 0 Å². The summed E-state index contributed by atoms with van der Waals surface area (Å²) in [5, 5.41) is 0.774. The maximum Gasteiger partial charge on any atom is 0.181 e. The van der Waals surface area contributed by atoms with Gasteiger partial charge >= 0.3 is 0 Å². The third-order valence-corrected chi connectivity index (χ3v) is 3.35. The first kappa shape index (κ1) is 11.8. The summed E-state index contributed by atoms with van der Waals surface area (Å²) in [6.45, 7) is 9.01. The average molecular weight is 260 g/mol. The van der Waals surface area contributed by atoms with E-state index in [9.17, 15) is 0 Å². The van der Waals surface area contributed by atoms with Gasteiger partial charge in [0, 0.05) is 11.8 Å². The second-order valence-corrected chi connectivity index (χ2v) is 5.39. The normalized spacial score (nSPS) is 14.4. The smallest absolute Gasteiger partial charge is 0.181 e. The van der Waals surface area contributed by atoms with E-state index in [1.165, 1.54) is 6.39 Å². The van der Waals surface area contributed by atoms with E-state index in [4.69, 9.17) is 4.42 Å². The third kappa shape index (κ3) is 2.84. The van der Waals surface area contributed by atoms with Crippen LogP contribution in [0.3, 0.4) is 0 Å². The molecule has 1 heterocycles. The van der Waals surface area contributed by atoms with Gasteiger partial charge < -0.3 is 4.42 Å². The quantitative estimate of drug-likeness (QED) is 0.773. The summed E-state index contributed by atoms with van der Waals surface area (Å²) in [6, 6.07) is 0. The van der Waals surface area contributed by atoms with Gasteiger partial charge in [0.15, 0.2) is 6.39 Å². The van der Waals surface area contributed by atoms with Gasteiger partial charge in [-0.05, 0) is 11.3 Å². The van der Waals surface area contributed by atoms with Crippen LogP contribution in [0.15, 0.2) is 10.8 Å². The Morgan fingerprint density at radius 2 is 2.14 bits per heavy atom. The summed E-state index contributed by atoms with van der Waals surface area (Å²) < 4.78 is 5.38. The summed E-state index contributed by atoms with van der Waals surface area (Å²) in [6.07, 6.45) is 2.49. The van der Waals surface area contributed by atoms with Crippen LogP contribution in [-0.4, -0.2) is 4.98 Å². The molecule has 1 aromatic heterocycles. The standard InChI is InChI=1S/C11H18BrNO/c1-8(11(2,3)4)5-10-9(6-12)13-7-14-10/h7-8H,5-6H2,1-4H3. The van der Waals surface area contributed by atoms with Gasteiger partial charge in [-0.15, -0.1) is 0 Å². The van der Waals surface area contributed by atoms with Crippen molar-refractivity contribution in [2.45, 2.75) is 39.4 Å². The molecule has 0 fully saturated rings. The molecule has 80 valence electrons. The Hall–Kier alpha value is -0.310. The molecule has 1 atom stereocenters. The number of hydrogen-bond donors (Lipinski definition) is 0. The zero-order chi connectivity index (χ0) is 10.8. The fourth-order valence-electron chi connectivity index (χ4n) is 1.15. The molecule has 0 aliphatic heterocycles. The number of halogens is 1. The molecule has 0 aliphatic carbocycles. The lowest BCUT2D eigenvalue weighted by atomic mass is 9.79. The molecule has 0 aromatic carbocycles. The van der Waals surface area contributed by atoms with Crippen LogP contribution in [0.4, 0.5) is 0 Å². The van der Waals surface area contributed by atoms with Gasteiger partial charge in [-0.25, -0.2) is 4.98 Å². The molecule has 14 heavy (non-hydrogen) atoms. The van der Waals surface area contributed by atoms with Crippen LogP contribution in [0, 0.1) is 11.3 Å². The maximum atomic E-state index is 5.38. The minimum absolute atomic E-state index is 0.316. The number of nitrogens with zero attached hydrogens (tertiary/aromatic N) is 1. The molecule has 1 unspecified atom stereocenters. The molecular weight excluding hydrogens is 242 g/mol. The molecule has 0 saturated heterocycles. The van der Waals surface area contributed by atoms with Gasteiger partial charge in [0.05, 0.1) is 5.69 Å². The third-order valence-electron chi connectivity index (χ3n) is 2.82. The van der Waals surface area contributed by atoms with Crippen LogP contribution >= 0.6 is 15.9 Å². The average Bonchev–Trinajstić information content (AvgIpc) is 2.50. The fourth-order valence-corrected chi connectivity index (χ4v) is 1.61. The fraction of sp³-hybridized carbons (Fsp3) is 0.727. The van der Waals surface area contributed by atoms with Crippen LogP contribution in [0.2, 0.25) is 0 Å². The van der Waals surface area contributed by atoms with Crippen molar-refractivity contribution in [1.82, 2.24) is 4.98 Å². The van der Waals surface area contributed by atoms with Crippen LogP contribution in [-0.2, 0) is 11.8 Å². The van der Waals surface area contributed by atoms with Crippen molar-refractivity contribution in [1.29, 1.82) is 0 Å². The Balaban J connectivity index is 2.69. The van der Waals surface area contributed by atoms with E-state index in [-0.39, 0.29) is 0 Å².